The Kier molecular flexibility index (Phi) is 5.96. The Balaban J connectivity index is 1.31. The second kappa shape index (κ2) is 9.46. The lowest BCUT2D eigenvalue weighted by molar-refractivity contribution is 0.614. The molecular weight excluding hydrogens is 468 g/mol. The largest absolute Gasteiger partial charge is 0.436 e. The van der Waals surface area contributed by atoms with Crippen molar-refractivity contribution in [1.82, 2.24) is 9.97 Å². The lowest BCUT2D eigenvalue weighted by Crippen LogP contribution is -1.97. The summed E-state index contributed by atoms with van der Waals surface area (Å²) >= 11 is 0. The molecule has 4 heteroatoms. The summed E-state index contributed by atoms with van der Waals surface area (Å²) in [6, 6.07) is 25.0. The van der Waals surface area contributed by atoms with Gasteiger partial charge in [0.25, 0.3) is 0 Å². The summed E-state index contributed by atoms with van der Waals surface area (Å²) < 4.78 is 12.6. The van der Waals surface area contributed by atoms with E-state index in [9.17, 15) is 0 Å². The predicted octanol–water partition coefficient (Wildman–Crippen LogP) is 8.88. The maximum Gasteiger partial charge on any atom is 0.227 e. The fourth-order valence-corrected chi connectivity index (χ4v) is 5.02. The highest BCUT2D eigenvalue weighted by Crippen LogP contribution is 2.32. The smallest absolute Gasteiger partial charge is 0.227 e. The number of rotatable bonds is 6. The fraction of sp³-hybridized carbons (Fsp3) is 0.176. The molecule has 2 aromatic heterocycles. The summed E-state index contributed by atoms with van der Waals surface area (Å²) in [6.07, 6.45) is 1.38. The van der Waals surface area contributed by atoms with E-state index in [0.717, 1.165) is 61.2 Å². The van der Waals surface area contributed by atoms with Crippen molar-refractivity contribution in [2.75, 3.05) is 0 Å². The zero-order valence-corrected chi connectivity index (χ0v) is 22.3. The van der Waals surface area contributed by atoms with Crippen molar-refractivity contribution in [3.05, 3.63) is 118 Å². The van der Waals surface area contributed by atoms with Crippen LogP contribution in [0, 0.1) is 27.7 Å². The minimum absolute atomic E-state index is 0.642. The van der Waals surface area contributed by atoms with E-state index in [1.54, 1.807) is 0 Å². The van der Waals surface area contributed by atoms with E-state index in [1.807, 2.05) is 0 Å². The zero-order chi connectivity index (χ0) is 26.4. The van der Waals surface area contributed by atoms with Gasteiger partial charge in [0.2, 0.25) is 11.8 Å². The minimum Gasteiger partial charge on any atom is -0.436 e. The van der Waals surface area contributed by atoms with Crippen LogP contribution in [0.4, 0.5) is 0 Å². The number of fused-ring (bicyclic) bond motifs is 2. The van der Waals surface area contributed by atoms with Crippen LogP contribution in [0.2, 0.25) is 0 Å². The van der Waals surface area contributed by atoms with Crippen molar-refractivity contribution >= 4 is 22.2 Å². The van der Waals surface area contributed by atoms with Crippen molar-refractivity contribution < 1.29 is 8.83 Å². The first-order valence-corrected chi connectivity index (χ1v) is 12.9. The molecule has 0 aliphatic carbocycles. The van der Waals surface area contributed by atoms with Crippen LogP contribution in [0.5, 0.6) is 0 Å². The molecule has 6 rings (SSSR count). The molecule has 0 fully saturated rings. The van der Waals surface area contributed by atoms with Gasteiger partial charge in [-0.05, 0) is 88.1 Å². The molecule has 4 aromatic carbocycles. The van der Waals surface area contributed by atoms with Crippen molar-refractivity contribution in [2.45, 2.75) is 40.5 Å². The number of allylic oxidation sites excluding steroid dienone is 1. The molecular formula is C34H30N2O2. The highest BCUT2D eigenvalue weighted by Gasteiger charge is 2.17. The average Bonchev–Trinajstić information content (AvgIpc) is 3.49. The molecule has 0 unspecified atom stereocenters. The molecule has 0 spiro atoms. The summed E-state index contributed by atoms with van der Waals surface area (Å²) in [4.78, 5) is 9.59. The molecule has 0 aliphatic heterocycles. The quantitative estimate of drug-likeness (QED) is 0.215. The third-order valence-electron chi connectivity index (χ3n) is 6.90. The second-order valence-electron chi connectivity index (χ2n) is 10.4. The number of hydrogen-bond acceptors (Lipinski definition) is 4. The van der Waals surface area contributed by atoms with E-state index in [1.165, 1.54) is 11.1 Å². The highest BCUT2D eigenvalue weighted by atomic mass is 16.4. The van der Waals surface area contributed by atoms with Crippen LogP contribution in [0.15, 0.2) is 93.8 Å². The molecule has 38 heavy (non-hydrogen) atoms. The van der Waals surface area contributed by atoms with Gasteiger partial charge < -0.3 is 8.83 Å². The van der Waals surface area contributed by atoms with Crippen LogP contribution in [-0.4, -0.2) is 9.97 Å². The molecule has 0 atom stereocenters. The number of hydrogen-bond donors (Lipinski definition) is 0. The topological polar surface area (TPSA) is 52.1 Å². The lowest BCUT2D eigenvalue weighted by Gasteiger charge is -2.09. The van der Waals surface area contributed by atoms with Crippen LogP contribution < -0.4 is 0 Å². The summed E-state index contributed by atoms with van der Waals surface area (Å²) in [5.74, 6) is 1.28. The Morgan fingerprint density at radius 1 is 0.579 bits per heavy atom. The van der Waals surface area contributed by atoms with Gasteiger partial charge in [-0.25, -0.2) is 9.97 Å². The van der Waals surface area contributed by atoms with Gasteiger partial charge in [0.15, 0.2) is 11.2 Å². The van der Waals surface area contributed by atoms with Crippen LogP contribution in [0.3, 0.4) is 0 Å². The number of nitrogens with zero attached hydrogens (tertiary/aromatic N) is 2. The van der Waals surface area contributed by atoms with Gasteiger partial charge in [-0.15, -0.1) is 0 Å². The third kappa shape index (κ3) is 4.66. The van der Waals surface area contributed by atoms with Crippen molar-refractivity contribution in [3.63, 3.8) is 0 Å². The minimum atomic E-state index is 0.642. The van der Waals surface area contributed by atoms with Gasteiger partial charge in [-0.2, -0.15) is 0 Å². The molecule has 2 heterocycles. The Morgan fingerprint density at radius 3 is 1.37 bits per heavy atom. The first-order valence-electron chi connectivity index (χ1n) is 12.9. The number of oxazole rings is 2. The van der Waals surface area contributed by atoms with Gasteiger partial charge >= 0.3 is 0 Å². The number of aromatic nitrogens is 2. The second-order valence-corrected chi connectivity index (χ2v) is 10.4. The van der Waals surface area contributed by atoms with Crippen molar-refractivity contribution in [3.8, 4) is 22.9 Å². The molecule has 6 aromatic rings. The van der Waals surface area contributed by atoms with Gasteiger partial charge in [-0.1, -0.05) is 59.7 Å². The Bertz CT molecular complexity index is 1670. The molecule has 0 bridgehead atoms. The first-order chi connectivity index (χ1) is 18.3. The molecule has 0 radical (unpaired) electrons. The van der Waals surface area contributed by atoms with Gasteiger partial charge in [0.05, 0.1) is 0 Å². The molecule has 0 saturated carbocycles. The van der Waals surface area contributed by atoms with E-state index in [4.69, 9.17) is 18.8 Å². The molecule has 0 saturated heterocycles. The third-order valence-corrected chi connectivity index (χ3v) is 6.90. The monoisotopic (exact) mass is 498 g/mol. The van der Waals surface area contributed by atoms with Crippen LogP contribution in [0.25, 0.3) is 45.1 Å². The Labute approximate surface area is 222 Å². The average molecular weight is 499 g/mol. The Morgan fingerprint density at radius 2 is 0.974 bits per heavy atom. The van der Waals surface area contributed by atoms with Crippen molar-refractivity contribution in [2.24, 2.45) is 0 Å². The van der Waals surface area contributed by atoms with Gasteiger partial charge in [0.1, 0.15) is 11.0 Å². The van der Waals surface area contributed by atoms with E-state index in [2.05, 4.69) is 107 Å². The zero-order valence-electron chi connectivity index (χ0n) is 22.3. The van der Waals surface area contributed by atoms with Crippen LogP contribution >= 0.6 is 0 Å². The van der Waals surface area contributed by atoms with E-state index < -0.39 is 0 Å². The van der Waals surface area contributed by atoms with Gasteiger partial charge in [0, 0.05) is 22.3 Å². The normalized spacial score (nSPS) is 11.5. The maximum atomic E-state index is 6.30. The predicted molar refractivity (Wildman–Crippen MR) is 154 cm³/mol. The molecule has 0 N–H and O–H groups in total. The molecule has 4 nitrogen and oxygen atoms in total. The van der Waals surface area contributed by atoms with Crippen LogP contribution in [-0.2, 0) is 12.8 Å². The maximum absolute atomic E-state index is 6.30. The standard InChI is InChI=1S/C34H30N2O2/c1-20-6-10-25(11-7-20)33-35-29-18-23(4)16-27(31(29)37-33)14-22(3)15-28-17-24(5)19-30-32(28)38-34(36-30)26-12-8-21(2)9-13-26/h6-13,16-19H,3,14-15H2,1-2,4-5H3. The fourth-order valence-electron chi connectivity index (χ4n) is 5.02. The summed E-state index contributed by atoms with van der Waals surface area (Å²) in [7, 11) is 0. The van der Waals surface area contributed by atoms with E-state index in [0.29, 0.717) is 24.6 Å². The van der Waals surface area contributed by atoms with Crippen LogP contribution in [0.1, 0.15) is 33.4 Å². The molecule has 0 amide bonds. The number of aryl methyl sites for hydroxylation is 4. The van der Waals surface area contributed by atoms with E-state index in [-0.39, 0.29) is 0 Å². The Hall–Kier alpha value is -4.44. The molecule has 188 valence electrons. The number of benzene rings is 4. The van der Waals surface area contributed by atoms with Crippen molar-refractivity contribution in [1.29, 1.82) is 0 Å². The summed E-state index contributed by atoms with van der Waals surface area (Å²) in [5, 5.41) is 0. The lowest BCUT2D eigenvalue weighted by atomic mass is 9.97. The SMILES string of the molecule is C=C(Cc1cc(C)cc2nc(-c3ccc(C)cc3)oc12)Cc1cc(C)cc2nc(-c3ccc(C)cc3)oc12. The van der Waals surface area contributed by atoms with Gasteiger partial charge in [-0.3, -0.25) is 0 Å². The first kappa shape index (κ1) is 23.9. The summed E-state index contributed by atoms with van der Waals surface area (Å²) in [5.41, 5.74) is 13.3. The highest BCUT2D eigenvalue weighted by molar-refractivity contribution is 5.82. The van der Waals surface area contributed by atoms with E-state index >= 15 is 0 Å². The summed E-state index contributed by atoms with van der Waals surface area (Å²) in [6.45, 7) is 12.8. The molecule has 0 aliphatic rings.